The van der Waals surface area contributed by atoms with Crippen LogP contribution in [0.25, 0.3) is 0 Å². The van der Waals surface area contributed by atoms with Gasteiger partial charge in [-0.05, 0) is 12.1 Å². The Morgan fingerprint density at radius 1 is 1.09 bits per heavy atom. The Bertz CT molecular complexity index is 670. The molecule has 0 atom stereocenters. The molecule has 0 aliphatic heterocycles. The molecule has 5 nitrogen and oxygen atoms in total. The predicted molar refractivity (Wildman–Crippen MR) is 90.4 cm³/mol. The van der Waals surface area contributed by atoms with Crippen molar-refractivity contribution in [1.29, 1.82) is 0 Å². The number of pyridine rings is 1. The molecule has 0 aliphatic rings. The lowest BCUT2D eigenvalue weighted by atomic mass is 10.3. The SMILES string of the molecule is COc1ccc(N=C([S-])[n+]2ccc(N(C)C)cc2)c(OC)c1. The normalized spacial score (nSPS) is 11.2. The van der Waals surface area contributed by atoms with Crippen molar-refractivity contribution in [2.24, 2.45) is 4.99 Å². The van der Waals surface area contributed by atoms with Crippen molar-refractivity contribution in [3.63, 3.8) is 0 Å². The molecular formula is C16H19N3O2S. The van der Waals surface area contributed by atoms with Crippen LogP contribution >= 0.6 is 0 Å². The van der Waals surface area contributed by atoms with Gasteiger partial charge in [0.15, 0.2) is 10.9 Å². The van der Waals surface area contributed by atoms with Gasteiger partial charge in [-0.2, -0.15) is 0 Å². The second kappa shape index (κ2) is 7.09. The third-order valence-electron chi connectivity index (χ3n) is 3.15. The van der Waals surface area contributed by atoms with E-state index in [1.807, 2.05) is 55.7 Å². The van der Waals surface area contributed by atoms with E-state index in [-0.39, 0.29) is 0 Å². The Hall–Kier alpha value is -2.34. The van der Waals surface area contributed by atoms with Gasteiger partial charge in [0, 0.05) is 38.0 Å². The minimum Gasteiger partial charge on any atom is -0.687 e. The average Bonchev–Trinajstić information content (AvgIpc) is 2.55. The molecule has 0 spiro atoms. The standard InChI is InChI=1S/C16H19N3O2S/c1-18(2)12-7-9-19(10-8-12)16(22)17-14-6-5-13(20-3)11-15(14)21-4/h5-11H,1-4H3. The van der Waals surface area contributed by atoms with Crippen LogP contribution < -0.4 is 18.9 Å². The predicted octanol–water partition coefficient (Wildman–Crippen LogP) is 2.14. The molecule has 22 heavy (non-hydrogen) atoms. The van der Waals surface area contributed by atoms with Crippen LogP contribution in [0.3, 0.4) is 0 Å². The third-order valence-corrected chi connectivity index (χ3v) is 3.45. The number of methoxy groups -OCH3 is 2. The van der Waals surface area contributed by atoms with Gasteiger partial charge in [-0.1, -0.05) is 4.99 Å². The van der Waals surface area contributed by atoms with Crippen molar-refractivity contribution in [2.75, 3.05) is 33.2 Å². The highest BCUT2D eigenvalue weighted by atomic mass is 32.1. The number of benzene rings is 1. The molecule has 0 unspecified atom stereocenters. The minimum atomic E-state index is 0.439. The van der Waals surface area contributed by atoms with Gasteiger partial charge in [-0.25, -0.2) is 4.57 Å². The van der Waals surface area contributed by atoms with Crippen LogP contribution in [0.1, 0.15) is 0 Å². The molecule has 0 amide bonds. The van der Waals surface area contributed by atoms with Crippen LogP contribution in [-0.2, 0) is 12.6 Å². The highest BCUT2D eigenvalue weighted by Gasteiger charge is 2.09. The Balaban J connectivity index is 2.32. The first-order valence-corrected chi connectivity index (χ1v) is 7.12. The summed E-state index contributed by atoms with van der Waals surface area (Å²) < 4.78 is 12.3. The molecule has 6 heteroatoms. The maximum atomic E-state index is 5.38. The summed E-state index contributed by atoms with van der Waals surface area (Å²) in [7, 11) is 7.18. The fourth-order valence-electron chi connectivity index (χ4n) is 1.88. The Labute approximate surface area is 136 Å². The molecule has 0 fully saturated rings. The number of hydrogen-bond donors (Lipinski definition) is 0. The largest absolute Gasteiger partial charge is 0.687 e. The highest BCUT2D eigenvalue weighted by Crippen LogP contribution is 2.31. The van der Waals surface area contributed by atoms with Gasteiger partial charge in [-0.3, -0.25) is 0 Å². The molecule has 0 saturated heterocycles. The van der Waals surface area contributed by atoms with E-state index in [0.717, 1.165) is 5.69 Å². The number of hydrogen-bond acceptors (Lipinski definition) is 5. The van der Waals surface area contributed by atoms with Crippen LogP contribution in [0.2, 0.25) is 0 Å². The summed E-state index contributed by atoms with van der Waals surface area (Å²) in [5.74, 6) is 1.33. The van der Waals surface area contributed by atoms with Crippen molar-refractivity contribution >= 4 is 29.2 Å². The van der Waals surface area contributed by atoms with Gasteiger partial charge in [0.05, 0.1) is 26.6 Å². The number of nitrogens with zero attached hydrogens (tertiary/aromatic N) is 3. The van der Waals surface area contributed by atoms with Crippen molar-refractivity contribution in [3.8, 4) is 11.5 Å². The van der Waals surface area contributed by atoms with E-state index in [2.05, 4.69) is 4.99 Å². The first kappa shape index (κ1) is 16.0. The first-order valence-electron chi connectivity index (χ1n) is 6.72. The van der Waals surface area contributed by atoms with E-state index in [1.54, 1.807) is 24.9 Å². The molecule has 2 aromatic rings. The summed E-state index contributed by atoms with van der Waals surface area (Å²) in [6.45, 7) is 0. The molecule has 0 bridgehead atoms. The zero-order valence-corrected chi connectivity index (χ0v) is 13.9. The fraction of sp³-hybridized carbons (Fsp3) is 0.250. The molecule has 1 aromatic carbocycles. The summed E-state index contributed by atoms with van der Waals surface area (Å²) in [6.07, 6.45) is 3.77. The minimum absolute atomic E-state index is 0.439. The molecule has 1 heterocycles. The van der Waals surface area contributed by atoms with Crippen LogP contribution in [0.4, 0.5) is 11.4 Å². The zero-order chi connectivity index (χ0) is 16.1. The first-order chi connectivity index (χ1) is 10.5. The number of ether oxygens (including phenoxy) is 2. The number of anilines is 1. The average molecular weight is 317 g/mol. The Morgan fingerprint density at radius 3 is 2.32 bits per heavy atom. The summed E-state index contributed by atoms with van der Waals surface area (Å²) in [5.41, 5.74) is 1.76. The Morgan fingerprint density at radius 2 is 1.77 bits per heavy atom. The maximum absolute atomic E-state index is 5.38. The van der Waals surface area contributed by atoms with Gasteiger partial charge in [0.2, 0.25) is 5.69 Å². The highest BCUT2D eigenvalue weighted by molar-refractivity contribution is 7.76. The van der Waals surface area contributed by atoms with Gasteiger partial charge in [-0.15, -0.1) is 0 Å². The van der Waals surface area contributed by atoms with Crippen LogP contribution in [0.5, 0.6) is 11.5 Å². The van der Waals surface area contributed by atoms with Gasteiger partial charge in [0.25, 0.3) is 0 Å². The van der Waals surface area contributed by atoms with E-state index in [1.165, 1.54) is 0 Å². The lowest BCUT2D eigenvalue weighted by Gasteiger charge is -2.12. The quantitative estimate of drug-likeness (QED) is 0.375. The van der Waals surface area contributed by atoms with Crippen molar-refractivity contribution in [2.45, 2.75) is 0 Å². The second-order valence-corrected chi connectivity index (χ2v) is 5.16. The van der Waals surface area contributed by atoms with Crippen molar-refractivity contribution < 1.29 is 14.0 Å². The lowest BCUT2D eigenvalue weighted by molar-refractivity contribution is -0.549. The smallest absolute Gasteiger partial charge is 0.215 e. The van der Waals surface area contributed by atoms with Crippen molar-refractivity contribution in [1.82, 2.24) is 0 Å². The van der Waals surface area contributed by atoms with E-state index in [4.69, 9.17) is 22.1 Å². The van der Waals surface area contributed by atoms with E-state index in [0.29, 0.717) is 22.4 Å². The zero-order valence-electron chi connectivity index (χ0n) is 13.1. The Kier molecular flexibility index (Phi) is 5.16. The van der Waals surface area contributed by atoms with E-state index >= 15 is 0 Å². The number of aliphatic imine (C=N–C) groups is 1. The molecule has 0 aliphatic carbocycles. The summed E-state index contributed by atoms with van der Waals surface area (Å²) >= 11 is 5.38. The molecule has 116 valence electrons. The summed E-state index contributed by atoms with van der Waals surface area (Å²) in [4.78, 5) is 6.48. The molecule has 0 radical (unpaired) electrons. The van der Waals surface area contributed by atoms with Gasteiger partial charge >= 0.3 is 0 Å². The van der Waals surface area contributed by atoms with Gasteiger partial charge < -0.3 is 27.0 Å². The molecule has 0 N–H and O–H groups in total. The topological polar surface area (TPSA) is 37.9 Å². The van der Waals surface area contributed by atoms with Crippen LogP contribution in [0, 0.1) is 0 Å². The van der Waals surface area contributed by atoms with E-state index in [9.17, 15) is 0 Å². The molecule has 1 aromatic heterocycles. The lowest BCUT2D eigenvalue weighted by Crippen LogP contribution is -2.40. The number of aromatic nitrogens is 1. The van der Waals surface area contributed by atoms with Crippen LogP contribution in [0.15, 0.2) is 47.7 Å². The third kappa shape index (κ3) is 3.65. The molecule has 2 rings (SSSR count). The van der Waals surface area contributed by atoms with Gasteiger partial charge in [0.1, 0.15) is 5.75 Å². The monoisotopic (exact) mass is 317 g/mol. The number of rotatable bonds is 4. The van der Waals surface area contributed by atoms with Crippen molar-refractivity contribution in [3.05, 3.63) is 42.7 Å². The second-order valence-electron chi connectivity index (χ2n) is 4.79. The molecule has 0 saturated carbocycles. The fourth-order valence-corrected chi connectivity index (χ4v) is 2.10. The molecular weight excluding hydrogens is 298 g/mol. The maximum Gasteiger partial charge on any atom is 0.215 e. The van der Waals surface area contributed by atoms with Crippen LogP contribution in [-0.4, -0.2) is 33.5 Å². The summed E-state index contributed by atoms with van der Waals surface area (Å²) in [6, 6.07) is 9.38. The summed E-state index contributed by atoms with van der Waals surface area (Å²) in [5, 5.41) is 0.439. The van der Waals surface area contributed by atoms with E-state index < -0.39 is 0 Å².